The van der Waals surface area contributed by atoms with Crippen molar-refractivity contribution in [1.82, 2.24) is 5.32 Å². The van der Waals surface area contributed by atoms with Crippen LogP contribution in [0.1, 0.15) is 33.1 Å². The molecule has 0 aromatic heterocycles. The molecule has 72 valence electrons. The lowest BCUT2D eigenvalue weighted by Crippen LogP contribution is -2.53. The van der Waals surface area contributed by atoms with Crippen LogP contribution in [0.3, 0.4) is 0 Å². The second-order valence-corrected chi connectivity index (χ2v) is 3.80. The first-order valence-electron chi connectivity index (χ1n) is 5.11. The van der Waals surface area contributed by atoms with Crippen molar-refractivity contribution in [1.29, 1.82) is 0 Å². The maximum Gasteiger partial charge on any atom is 0.0472 e. The Labute approximate surface area is 75.7 Å². The van der Waals surface area contributed by atoms with Gasteiger partial charge in [0.15, 0.2) is 0 Å². The number of hydrogen-bond donors (Lipinski definition) is 1. The molecule has 0 radical (unpaired) electrons. The van der Waals surface area contributed by atoms with Crippen molar-refractivity contribution in [2.24, 2.45) is 5.41 Å². The molecule has 1 heterocycles. The van der Waals surface area contributed by atoms with Crippen LogP contribution in [0.15, 0.2) is 0 Å². The van der Waals surface area contributed by atoms with Crippen molar-refractivity contribution in [3.63, 3.8) is 0 Å². The van der Waals surface area contributed by atoms with E-state index in [9.17, 15) is 0 Å². The van der Waals surface area contributed by atoms with Gasteiger partial charge in [-0.05, 0) is 25.2 Å². The molecule has 0 spiro atoms. The molecule has 1 aliphatic heterocycles. The Morgan fingerprint density at radius 1 is 1.25 bits per heavy atom. The summed E-state index contributed by atoms with van der Waals surface area (Å²) in [5.41, 5.74) is 0.587. The van der Waals surface area contributed by atoms with Crippen molar-refractivity contribution >= 4 is 0 Å². The summed E-state index contributed by atoms with van der Waals surface area (Å²) in [6.45, 7) is 8.53. The third kappa shape index (κ3) is 2.46. The molecular formula is C10H21NO. The van der Waals surface area contributed by atoms with Crippen molar-refractivity contribution in [2.75, 3.05) is 26.3 Å². The van der Waals surface area contributed by atoms with E-state index < -0.39 is 0 Å². The molecule has 0 aliphatic carbocycles. The third-order valence-electron chi connectivity index (χ3n) is 2.76. The lowest BCUT2D eigenvalue weighted by atomic mass is 9.75. The highest BCUT2D eigenvalue weighted by molar-refractivity contribution is 4.91. The van der Waals surface area contributed by atoms with E-state index in [1.807, 2.05) is 0 Å². The van der Waals surface area contributed by atoms with Crippen LogP contribution in [0.25, 0.3) is 0 Å². The zero-order valence-corrected chi connectivity index (χ0v) is 8.36. The largest absolute Gasteiger partial charge is 0.382 e. The van der Waals surface area contributed by atoms with Gasteiger partial charge in [0.25, 0.3) is 0 Å². The van der Waals surface area contributed by atoms with Crippen LogP contribution < -0.4 is 5.32 Å². The second-order valence-electron chi connectivity index (χ2n) is 3.80. The first-order valence-corrected chi connectivity index (χ1v) is 5.11. The van der Waals surface area contributed by atoms with E-state index in [-0.39, 0.29) is 0 Å². The van der Waals surface area contributed by atoms with Crippen LogP contribution in [0.5, 0.6) is 0 Å². The first kappa shape index (κ1) is 10.0. The highest BCUT2D eigenvalue weighted by atomic mass is 16.5. The Morgan fingerprint density at radius 2 is 2.00 bits per heavy atom. The van der Waals surface area contributed by atoms with E-state index >= 15 is 0 Å². The van der Waals surface area contributed by atoms with E-state index in [4.69, 9.17) is 4.74 Å². The molecule has 0 amide bonds. The van der Waals surface area contributed by atoms with Gasteiger partial charge < -0.3 is 10.1 Å². The minimum Gasteiger partial charge on any atom is -0.382 e. The summed E-state index contributed by atoms with van der Waals surface area (Å²) in [7, 11) is 0. The summed E-state index contributed by atoms with van der Waals surface area (Å²) in [5, 5.41) is 3.36. The Kier molecular flexibility index (Phi) is 4.02. The smallest absolute Gasteiger partial charge is 0.0472 e. The van der Waals surface area contributed by atoms with E-state index in [0.717, 1.165) is 13.2 Å². The van der Waals surface area contributed by atoms with Gasteiger partial charge in [-0.25, -0.2) is 0 Å². The van der Waals surface area contributed by atoms with Crippen molar-refractivity contribution in [3.8, 4) is 0 Å². The molecule has 1 rings (SSSR count). The summed E-state index contributed by atoms with van der Waals surface area (Å²) in [6.07, 6.45) is 3.89. The lowest BCUT2D eigenvalue weighted by Gasteiger charge is -2.42. The van der Waals surface area contributed by atoms with Gasteiger partial charge in [0, 0.05) is 26.3 Å². The van der Waals surface area contributed by atoms with E-state index in [2.05, 4.69) is 19.2 Å². The van der Waals surface area contributed by atoms with Gasteiger partial charge in [-0.15, -0.1) is 0 Å². The summed E-state index contributed by atoms with van der Waals surface area (Å²) >= 11 is 0. The van der Waals surface area contributed by atoms with Gasteiger partial charge >= 0.3 is 0 Å². The fourth-order valence-electron chi connectivity index (χ4n) is 1.92. The van der Waals surface area contributed by atoms with E-state index in [1.165, 1.54) is 32.4 Å². The lowest BCUT2D eigenvalue weighted by molar-refractivity contribution is 0.0646. The van der Waals surface area contributed by atoms with Crippen molar-refractivity contribution in [2.45, 2.75) is 33.1 Å². The number of nitrogens with one attached hydrogen (secondary N) is 1. The topological polar surface area (TPSA) is 21.3 Å². The maximum absolute atomic E-state index is 5.38. The molecule has 1 saturated heterocycles. The highest BCUT2D eigenvalue weighted by Gasteiger charge is 2.35. The average molecular weight is 171 g/mol. The van der Waals surface area contributed by atoms with Gasteiger partial charge in [0.05, 0.1) is 0 Å². The zero-order chi connectivity index (χ0) is 8.86. The molecule has 0 bridgehead atoms. The fourth-order valence-corrected chi connectivity index (χ4v) is 1.92. The first-order chi connectivity index (χ1) is 5.83. The number of ether oxygens (including phenoxy) is 1. The van der Waals surface area contributed by atoms with Crippen LogP contribution in [0.2, 0.25) is 0 Å². The Balaban J connectivity index is 2.15. The SMILES string of the molecule is CCCC1(CCOCC)CNC1. The van der Waals surface area contributed by atoms with Crippen LogP contribution in [0, 0.1) is 5.41 Å². The fraction of sp³-hybridized carbons (Fsp3) is 1.00. The van der Waals surface area contributed by atoms with Crippen LogP contribution >= 0.6 is 0 Å². The second kappa shape index (κ2) is 4.83. The zero-order valence-electron chi connectivity index (χ0n) is 8.36. The Morgan fingerprint density at radius 3 is 2.42 bits per heavy atom. The molecule has 0 saturated carbocycles. The average Bonchev–Trinajstić information content (AvgIpc) is 2.00. The number of rotatable bonds is 6. The van der Waals surface area contributed by atoms with Gasteiger partial charge in [-0.3, -0.25) is 0 Å². The summed E-state index contributed by atoms with van der Waals surface area (Å²) in [5.74, 6) is 0. The highest BCUT2D eigenvalue weighted by Crippen LogP contribution is 2.32. The van der Waals surface area contributed by atoms with Crippen molar-refractivity contribution < 1.29 is 4.74 Å². The Bertz CT molecular complexity index is 121. The third-order valence-corrected chi connectivity index (χ3v) is 2.76. The molecule has 0 aromatic carbocycles. The molecule has 0 aromatic rings. The minimum absolute atomic E-state index is 0.587. The molecule has 1 N–H and O–H groups in total. The van der Waals surface area contributed by atoms with E-state index in [0.29, 0.717) is 5.41 Å². The summed E-state index contributed by atoms with van der Waals surface area (Å²) in [4.78, 5) is 0. The molecule has 2 nitrogen and oxygen atoms in total. The predicted molar refractivity (Wildman–Crippen MR) is 51.3 cm³/mol. The van der Waals surface area contributed by atoms with Crippen LogP contribution in [-0.2, 0) is 4.74 Å². The normalized spacial score (nSPS) is 20.5. The van der Waals surface area contributed by atoms with Gasteiger partial charge in [-0.2, -0.15) is 0 Å². The van der Waals surface area contributed by atoms with Crippen LogP contribution in [-0.4, -0.2) is 26.3 Å². The van der Waals surface area contributed by atoms with Gasteiger partial charge in [-0.1, -0.05) is 13.3 Å². The summed E-state index contributed by atoms with van der Waals surface area (Å²) in [6, 6.07) is 0. The molecule has 0 atom stereocenters. The summed E-state index contributed by atoms with van der Waals surface area (Å²) < 4.78 is 5.38. The van der Waals surface area contributed by atoms with Gasteiger partial charge in [0.1, 0.15) is 0 Å². The molecule has 2 heteroatoms. The minimum atomic E-state index is 0.587. The molecule has 12 heavy (non-hydrogen) atoms. The number of hydrogen-bond acceptors (Lipinski definition) is 2. The molecule has 1 aliphatic rings. The molecule has 1 fully saturated rings. The van der Waals surface area contributed by atoms with Gasteiger partial charge in [0.2, 0.25) is 0 Å². The maximum atomic E-state index is 5.38. The van der Waals surface area contributed by atoms with Crippen molar-refractivity contribution in [3.05, 3.63) is 0 Å². The van der Waals surface area contributed by atoms with E-state index in [1.54, 1.807) is 0 Å². The Hall–Kier alpha value is -0.0800. The predicted octanol–water partition coefficient (Wildman–Crippen LogP) is 1.80. The molecular weight excluding hydrogens is 150 g/mol. The molecule has 0 unspecified atom stereocenters. The monoisotopic (exact) mass is 171 g/mol. The standard InChI is InChI=1S/C10H21NO/c1-3-5-10(8-11-9-10)6-7-12-4-2/h11H,3-9H2,1-2H3. The van der Waals surface area contributed by atoms with Crippen LogP contribution in [0.4, 0.5) is 0 Å². The quantitative estimate of drug-likeness (QED) is 0.615.